The first-order valence-electron chi connectivity index (χ1n) is 3.47. The van der Waals surface area contributed by atoms with E-state index in [1.165, 1.54) is 0 Å². The van der Waals surface area contributed by atoms with Gasteiger partial charge in [-0.2, -0.15) is 0 Å². The van der Waals surface area contributed by atoms with Gasteiger partial charge in [0, 0.05) is 6.54 Å². The molecule has 0 saturated carbocycles. The van der Waals surface area contributed by atoms with Crippen LogP contribution in [0.15, 0.2) is 22.6 Å². The van der Waals surface area contributed by atoms with Crippen LogP contribution in [0.1, 0.15) is 20.3 Å². The highest BCUT2D eigenvalue weighted by Crippen LogP contribution is 2.07. The first-order valence-corrected chi connectivity index (χ1v) is 3.92. The summed E-state index contributed by atoms with van der Waals surface area (Å²) in [6, 6.07) is 0. The third-order valence-corrected chi connectivity index (χ3v) is 1.53. The zero-order valence-corrected chi connectivity index (χ0v) is 7.49. The van der Waals surface area contributed by atoms with Gasteiger partial charge in [-0.15, -0.1) is 12.6 Å². The lowest BCUT2D eigenvalue weighted by Crippen LogP contribution is -2.01. The number of hydrogen-bond donors (Lipinski definition) is 2. The second-order valence-electron chi connectivity index (χ2n) is 2.13. The summed E-state index contributed by atoms with van der Waals surface area (Å²) in [6.45, 7) is 4.62. The fourth-order valence-electron chi connectivity index (χ4n) is 0.596. The third-order valence-electron chi connectivity index (χ3n) is 1.24. The highest BCUT2D eigenvalue weighted by molar-refractivity contribution is 7.84. The highest BCUT2D eigenvalue weighted by atomic mass is 32.1. The van der Waals surface area contributed by atoms with Crippen LogP contribution in [0.25, 0.3) is 0 Å². The number of allylic oxidation sites excluding steroid dienone is 2. The van der Waals surface area contributed by atoms with Gasteiger partial charge in [-0.05, 0) is 23.8 Å². The molecule has 0 atom stereocenters. The number of thiol groups is 1. The third kappa shape index (κ3) is 3.75. The standard InChI is InChI=1S/C8H15NS/c1-3-4-5-8(6-9)7(2)10/h4-5,10H,3,6,9H2,1-2H3/b5-4-,8-7-. The van der Waals surface area contributed by atoms with E-state index in [-0.39, 0.29) is 0 Å². The van der Waals surface area contributed by atoms with Crippen molar-refractivity contribution >= 4 is 12.6 Å². The van der Waals surface area contributed by atoms with Gasteiger partial charge in [0.25, 0.3) is 0 Å². The van der Waals surface area contributed by atoms with Crippen LogP contribution in [-0.4, -0.2) is 6.54 Å². The van der Waals surface area contributed by atoms with Crippen molar-refractivity contribution < 1.29 is 0 Å². The smallest absolute Gasteiger partial charge is 0.0185 e. The minimum absolute atomic E-state index is 0.575. The van der Waals surface area contributed by atoms with Crippen LogP contribution in [0.2, 0.25) is 0 Å². The van der Waals surface area contributed by atoms with E-state index < -0.39 is 0 Å². The molecule has 1 nitrogen and oxygen atoms in total. The summed E-state index contributed by atoms with van der Waals surface area (Å²) >= 11 is 4.19. The Labute approximate surface area is 68.4 Å². The molecular formula is C8H15NS. The first kappa shape index (κ1) is 9.79. The average molecular weight is 157 g/mol. The molecule has 0 aromatic carbocycles. The maximum Gasteiger partial charge on any atom is 0.0185 e. The summed E-state index contributed by atoms with van der Waals surface area (Å²) in [4.78, 5) is 1.01. The van der Waals surface area contributed by atoms with E-state index in [2.05, 4.69) is 25.6 Å². The van der Waals surface area contributed by atoms with Crippen LogP contribution < -0.4 is 5.73 Å². The Morgan fingerprint density at radius 3 is 2.50 bits per heavy atom. The Morgan fingerprint density at radius 2 is 2.20 bits per heavy atom. The van der Waals surface area contributed by atoms with Crippen LogP contribution in [0.5, 0.6) is 0 Å². The van der Waals surface area contributed by atoms with E-state index in [9.17, 15) is 0 Å². The molecule has 0 aliphatic carbocycles. The van der Waals surface area contributed by atoms with Crippen LogP contribution >= 0.6 is 12.6 Å². The van der Waals surface area contributed by atoms with E-state index >= 15 is 0 Å². The van der Waals surface area contributed by atoms with Crippen LogP contribution in [0.4, 0.5) is 0 Å². The Balaban J connectivity index is 4.10. The molecule has 0 saturated heterocycles. The summed E-state index contributed by atoms with van der Waals surface area (Å²) in [5.74, 6) is 0. The molecule has 0 rings (SSSR count). The van der Waals surface area contributed by atoms with Crippen molar-refractivity contribution in [2.45, 2.75) is 20.3 Å². The fourth-order valence-corrected chi connectivity index (χ4v) is 0.762. The molecule has 0 aromatic rings. The molecule has 58 valence electrons. The van der Waals surface area contributed by atoms with Crippen molar-refractivity contribution in [1.82, 2.24) is 0 Å². The lowest BCUT2D eigenvalue weighted by Gasteiger charge is -1.97. The number of nitrogens with two attached hydrogens (primary N) is 1. The Bertz CT molecular complexity index is 143. The SMILES string of the molecule is CC/C=C\C(CN)=C(/C)S. The van der Waals surface area contributed by atoms with E-state index in [0.29, 0.717) is 6.54 Å². The summed E-state index contributed by atoms with van der Waals surface area (Å²) < 4.78 is 0. The lowest BCUT2D eigenvalue weighted by atomic mass is 10.2. The molecule has 0 unspecified atom stereocenters. The predicted octanol–water partition coefficient (Wildman–Crippen LogP) is 2.12. The molecule has 2 heteroatoms. The van der Waals surface area contributed by atoms with Crippen molar-refractivity contribution in [2.24, 2.45) is 5.73 Å². The van der Waals surface area contributed by atoms with E-state index in [1.54, 1.807) is 0 Å². The average Bonchev–Trinajstić information content (AvgIpc) is 1.89. The van der Waals surface area contributed by atoms with E-state index in [4.69, 9.17) is 5.73 Å². The molecule has 0 radical (unpaired) electrons. The Hall–Kier alpha value is -0.210. The monoisotopic (exact) mass is 157 g/mol. The maximum absolute atomic E-state index is 5.46. The van der Waals surface area contributed by atoms with Gasteiger partial charge in [0.15, 0.2) is 0 Å². The molecule has 0 heterocycles. The fraction of sp³-hybridized carbons (Fsp3) is 0.500. The molecule has 0 amide bonds. The van der Waals surface area contributed by atoms with Gasteiger partial charge in [-0.3, -0.25) is 0 Å². The maximum atomic E-state index is 5.46. The van der Waals surface area contributed by atoms with Gasteiger partial charge in [0.05, 0.1) is 0 Å². The second-order valence-corrected chi connectivity index (χ2v) is 2.80. The van der Waals surface area contributed by atoms with Gasteiger partial charge >= 0.3 is 0 Å². The minimum atomic E-state index is 0.575. The molecule has 0 spiro atoms. The minimum Gasteiger partial charge on any atom is -0.326 e. The Kier molecular flexibility index (Phi) is 5.45. The van der Waals surface area contributed by atoms with Gasteiger partial charge < -0.3 is 5.73 Å². The van der Waals surface area contributed by atoms with Gasteiger partial charge in [0.2, 0.25) is 0 Å². The zero-order chi connectivity index (χ0) is 7.98. The van der Waals surface area contributed by atoms with E-state index in [0.717, 1.165) is 16.9 Å². The molecule has 0 fully saturated rings. The largest absolute Gasteiger partial charge is 0.326 e. The topological polar surface area (TPSA) is 26.0 Å². The molecular weight excluding hydrogens is 142 g/mol. The van der Waals surface area contributed by atoms with Crippen LogP contribution in [0, 0.1) is 0 Å². The summed E-state index contributed by atoms with van der Waals surface area (Å²) in [6.07, 6.45) is 5.16. The van der Waals surface area contributed by atoms with Crippen molar-refractivity contribution in [2.75, 3.05) is 6.54 Å². The van der Waals surface area contributed by atoms with Crippen molar-refractivity contribution in [3.05, 3.63) is 22.6 Å². The number of hydrogen-bond acceptors (Lipinski definition) is 2. The van der Waals surface area contributed by atoms with Gasteiger partial charge in [-0.25, -0.2) is 0 Å². The summed E-state index contributed by atoms with van der Waals surface area (Å²) in [5.41, 5.74) is 6.57. The van der Waals surface area contributed by atoms with E-state index in [1.807, 2.05) is 13.0 Å². The molecule has 10 heavy (non-hydrogen) atoms. The predicted molar refractivity (Wildman–Crippen MR) is 50.2 cm³/mol. The quantitative estimate of drug-likeness (QED) is 0.476. The lowest BCUT2D eigenvalue weighted by molar-refractivity contribution is 1.15. The summed E-state index contributed by atoms with van der Waals surface area (Å²) in [7, 11) is 0. The highest BCUT2D eigenvalue weighted by Gasteiger charge is 1.89. The van der Waals surface area contributed by atoms with Gasteiger partial charge in [0.1, 0.15) is 0 Å². The molecule has 0 bridgehead atoms. The van der Waals surface area contributed by atoms with Crippen LogP contribution in [0.3, 0.4) is 0 Å². The van der Waals surface area contributed by atoms with Crippen LogP contribution in [-0.2, 0) is 0 Å². The number of rotatable bonds is 3. The van der Waals surface area contributed by atoms with Crippen molar-refractivity contribution in [3.8, 4) is 0 Å². The second kappa shape index (κ2) is 5.57. The molecule has 0 aromatic heterocycles. The zero-order valence-electron chi connectivity index (χ0n) is 6.59. The Morgan fingerprint density at radius 1 is 1.60 bits per heavy atom. The molecule has 0 aliphatic heterocycles. The van der Waals surface area contributed by atoms with Crippen molar-refractivity contribution in [3.63, 3.8) is 0 Å². The van der Waals surface area contributed by atoms with Crippen molar-refractivity contribution in [1.29, 1.82) is 0 Å². The molecule has 0 aliphatic rings. The molecule has 2 N–H and O–H groups in total. The normalized spacial score (nSPS) is 14.0. The first-order chi connectivity index (χ1) is 4.72. The summed E-state index contributed by atoms with van der Waals surface area (Å²) in [5, 5.41) is 0. The van der Waals surface area contributed by atoms with Gasteiger partial charge in [-0.1, -0.05) is 19.1 Å².